The van der Waals surface area contributed by atoms with E-state index in [2.05, 4.69) is 4.90 Å². The Morgan fingerprint density at radius 2 is 1.55 bits per heavy atom. The molecule has 3 aliphatic heterocycles. The Bertz CT molecular complexity index is 1960. The highest BCUT2D eigenvalue weighted by molar-refractivity contribution is 5.73. The minimum atomic E-state index is -1.83. The third-order valence-corrected chi connectivity index (χ3v) is 15.1. The predicted molar refractivity (Wildman–Crippen MR) is 254 cm³/mol. The molecule has 0 saturated carbocycles. The van der Waals surface area contributed by atoms with E-state index in [-0.39, 0.29) is 36.8 Å². The Morgan fingerprint density at radius 1 is 0.896 bits per heavy atom. The molecule has 1 aromatic heterocycles. The number of cyclic esters (lactones) is 1. The van der Waals surface area contributed by atoms with Gasteiger partial charge in [-0.15, -0.1) is 0 Å². The number of aryl methyl sites for hydroxylation is 1. The standard InChI is InChI=1S/C51H83N3O13/c1-15-39-51(11,61)44(57)34(7)53(13)27-30(3)25-49(9,60)46(32(5)43(33(6)47(59)65-39)66-41-26-50(10,62-14)45(58)35(8)64-41)67-48-42(56)38(24-31(4)63-48)52(12)23-22-36-17-19-37(20-18-36)54-28-29(2)16-21-40(54)55/h16-21,28,30-35,38-39,41-46,48,56-58,60-61H,15,22-27H2,1-14H3/t30-,31-,32+,33-,34-,35+,38+,39-,41+,42-,43+,44-,45+,46-,48+,49-,50-,51-/m1/s1. The second-order valence-electron chi connectivity index (χ2n) is 21.0. The van der Waals surface area contributed by atoms with Gasteiger partial charge in [0.25, 0.3) is 5.56 Å². The number of methoxy groups -OCH3 is 1. The summed E-state index contributed by atoms with van der Waals surface area (Å²) in [5, 5.41) is 59.6. The van der Waals surface area contributed by atoms with Crippen LogP contribution in [-0.2, 0) is 39.6 Å². The fourth-order valence-corrected chi connectivity index (χ4v) is 10.8. The van der Waals surface area contributed by atoms with E-state index in [4.69, 9.17) is 28.4 Å². The summed E-state index contributed by atoms with van der Waals surface area (Å²) < 4.78 is 39.9. The van der Waals surface area contributed by atoms with Crippen molar-refractivity contribution in [2.24, 2.45) is 17.8 Å². The molecule has 5 N–H and O–H groups in total. The minimum absolute atomic E-state index is 0.104. The van der Waals surface area contributed by atoms with Crippen LogP contribution in [0.4, 0.5) is 0 Å². The first-order valence-corrected chi connectivity index (χ1v) is 24.3. The van der Waals surface area contributed by atoms with Crippen LogP contribution in [0.2, 0.25) is 0 Å². The zero-order valence-electron chi connectivity index (χ0n) is 42.5. The van der Waals surface area contributed by atoms with Crippen molar-refractivity contribution in [3.63, 3.8) is 0 Å². The van der Waals surface area contributed by atoms with Gasteiger partial charge in [-0.2, -0.15) is 0 Å². The molecule has 3 fully saturated rings. The van der Waals surface area contributed by atoms with E-state index < -0.39 is 102 Å². The van der Waals surface area contributed by atoms with Gasteiger partial charge in [0.1, 0.15) is 30.0 Å². The van der Waals surface area contributed by atoms with Gasteiger partial charge in [-0.3, -0.25) is 14.2 Å². The second kappa shape index (κ2) is 22.5. The first-order chi connectivity index (χ1) is 31.2. The van der Waals surface area contributed by atoms with E-state index in [9.17, 15) is 35.1 Å². The number of ether oxygens (including phenoxy) is 6. The van der Waals surface area contributed by atoms with Crippen LogP contribution in [0.3, 0.4) is 0 Å². The lowest BCUT2D eigenvalue weighted by atomic mass is 9.77. The van der Waals surface area contributed by atoms with Crippen molar-refractivity contribution in [3.05, 3.63) is 64.1 Å². The number of esters is 1. The monoisotopic (exact) mass is 946 g/mol. The van der Waals surface area contributed by atoms with E-state index in [1.165, 1.54) is 14.0 Å². The molecule has 0 aliphatic carbocycles. The highest BCUT2D eigenvalue weighted by atomic mass is 16.7. The molecule has 16 heteroatoms. The normalized spacial score (nSPS) is 41.1. The van der Waals surface area contributed by atoms with Crippen molar-refractivity contribution >= 4 is 5.97 Å². The number of rotatable bonds is 11. The lowest BCUT2D eigenvalue weighted by molar-refractivity contribution is -0.318. The van der Waals surface area contributed by atoms with Crippen molar-refractivity contribution in [1.82, 2.24) is 14.4 Å². The van der Waals surface area contributed by atoms with Gasteiger partial charge in [-0.25, -0.2) is 0 Å². The minimum Gasteiger partial charge on any atom is -0.459 e. The van der Waals surface area contributed by atoms with Crippen LogP contribution in [0.1, 0.15) is 106 Å². The van der Waals surface area contributed by atoms with Gasteiger partial charge < -0.3 is 63.8 Å². The molecule has 0 bridgehead atoms. The first-order valence-electron chi connectivity index (χ1n) is 24.3. The molecule has 3 aliphatic rings. The number of aliphatic hydroxyl groups is 5. The summed E-state index contributed by atoms with van der Waals surface area (Å²) in [5.41, 5.74) is -1.79. The van der Waals surface area contributed by atoms with E-state index >= 15 is 0 Å². The van der Waals surface area contributed by atoms with Crippen molar-refractivity contribution < 1.29 is 58.7 Å². The molecule has 3 saturated heterocycles. The van der Waals surface area contributed by atoms with E-state index in [1.54, 1.807) is 58.2 Å². The smallest absolute Gasteiger partial charge is 0.311 e. The summed E-state index contributed by atoms with van der Waals surface area (Å²) >= 11 is 0. The summed E-state index contributed by atoms with van der Waals surface area (Å²) in [5.74, 6) is -2.75. The van der Waals surface area contributed by atoms with Gasteiger partial charge in [-0.05, 0) is 124 Å². The SMILES string of the molecule is CC[C@H]1OC(=O)[C@H](C)[C@@H](O[C@H]2C[C@@](C)(OC)[C@@H](O)[C@H](C)O2)[C@H](C)[C@@H](O[C@@H]2O[C@H](C)C[C@H](N(C)CCc3ccc(-n4cc(C)ccc4=O)cc3)[C@H]2O)[C@](C)(O)C[C@@H](C)CN(C)[C@H](C)[C@@H](O)[C@]1(C)O. The summed E-state index contributed by atoms with van der Waals surface area (Å²) in [6.45, 7) is 20.6. The molecule has 5 rings (SSSR count). The van der Waals surface area contributed by atoms with Crippen molar-refractivity contribution in [3.8, 4) is 5.69 Å². The second-order valence-corrected chi connectivity index (χ2v) is 21.0. The number of hydrogen-bond acceptors (Lipinski definition) is 15. The molecule has 0 spiro atoms. The molecule has 18 atom stereocenters. The lowest BCUT2D eigenvalue weighted by Crippen LogP contribution is -2.61. The molecule has 16 nitrogen and oxygen atoms in total. The first kappa shape index (κ1) is 55.1. The maximum Gasteiger partial charge on any atom is 0.311 e. The zero-order valence-corrected chi connectivity index (χ0v) is 42.5. The average Bonchev–Trinajstić information content (AvgIpc) is 3.27. The summed E-state index contributed by atoms with van der Waals surface area (Å²) in [6.07, 6.45) is -6.43. The maximum absolute atomic E-state index is 14.5. The van der Waals surface area contributed by atoms with Crippen LogP contribution in [0.15, 0.2) is 47.4 Å². The number of pyridine rings is 1. The molecule has 67 heavy (non-hydrogen) atoms. The van der Waals surface area contributed by atoms with Crippen molar-refractivity contribution in [2.45, 2.75) is 199 Å². The quantitative estimate of drug-likeness (QED) is 0.203. The fraction of sp³-hybridized carbons (Fsp3) is 0.765. The van der Waals surface area contributed by atoms with E-state index in [0.717, 1.165) is 16.8 Å². The number of aromatic nitrogens is 1. The molecule has 0 unspecified atom stereocenters. The maximum atomic E-state index is 14.5. The Hall–Kier alpha value is -2.84. The number of aliphatic hydroxyl groups excluding tert-OH is 3. The third kappa shape index (κ3) is 12.7. The van der Waals surface area contributed by atoms with Gasteiger partial charge in [0.15, 0.2) is 12.6 Å². The summed E-state index contributed by atoms with van der Waals surface area (Å²) in [7, 11) is 5.30. The molecule has 380 valence electrons. The lowest BCUT2D eigenvalue weighted by Gasteiger charge is -2.49. The molecule has 4 heterocycles. The van der Waals surface area contributed by atoms with Crippen LogP contribution in [0.5, 0.6) is 0 Å². The molecule has 0 amide bonds. The largest absolute Gasteiger partial charge is 0.459 e. The Kier molecular flexibility index (Phi) is 18.5. The highest BCUT2D eigenvalue weighted by Gasteiger charge is 2.53. The number of carbonyl (C=O) groups excluding carboxylic acids is 1. The van der Waals surface area contributed by atoms with Gasteiger partial charge in [0.2, 0.25) is 0 Å². The fourth-order valence-electron chi connectivity index (χ4n) is 10.8. The molecule has 2 aromatic rings. The highest BCUT2D eigenvalue weighted by Crippen LogP contribution is 2.40. The Labute approximate surface area is 398 Å². The number of carbonyl (C=O) groups is 1. The zero-order chi connectivity index (χ0) is 49.9. The van der Waals surface area contributed by atoms with Crippen LogP contribution >= 0.6 is 0 Å². The molecule has 0 radical (unpaired) electrons. The van der Waals surface area contributed by atoms with Gasteiger partial charge in [0, 0.05) is 62.6 Å². The predicted octanol–water partition coefficient (Wildman–Crippen LogP) is 3.97. The average molecular weight is 946 g/mol. The van der Waals surface area contributed by atoms with Crippen LogP contribution in [-0.4, -0.2) is 170 Å². The van der Waals surface area contributed by atoms with Crippen molar-refractivity contribution in [1.29, 1.82) is 0 Å². The number of hydrogen-bond donors (Lipinski definition) is 5. The van der Waals surface area contributed by atoms with Crippen LogP contribution in [0, 0.1) is 24.7 Å². The molecule has 1 aromatic carbocycles. The topological polar surface area (TPSA) is 202 Å². The van der Waals surface area contributed by atoms with Crippen molar-refractivity contribution in [2.75, 3.05) is 34.3 Å². The summed E-state index contributed by atoms with van der Waals surface area (Å²) in [4.78, 5) is 31.0. The number of benzene rings is 1. The van der Waals surface area contributed by atoms with Gasteiger partial charge >= 0.3 is 5.97 Å². The Balaban J connectivity index is 1.47. The number of likely N-dealkylation sites (N-methyl/N-ethyl adjacent to an activating group) is 2. The summed E-state index contributed by atoms with van der Waals surface area (Å²) in [6, 6.07) is 10.3. The number of nitrogens with zero attached hydrogens (tertiary/aromatic N) is 3. The Morgan fingerprint density at radius 3 is 2.18 bits per heavy atom. The van der Waals surface area contributed by atoms with Crippen LogP contribution in [0.25, 0.3) is 5.69 Å². The van der Waals surface area contributed by atoms with Crippen LogP contribution < -0.4 is 5.56 Å². The molecular weight excluding hydrogens is 863 g/mol. The van der Waals surface area contributed by atoms with Gasteiger partial charge in [-0.1, -0.05) is 39.0 Å². The molecular formula is C51H83N3O13. The van der Waals surface area contributed by atoms with Gasteiger partial charge in [0.05, 0.1) is 41.5 Å². The third-order valence-electron chi connectivity index (χ3n) is 15.1. The van der Waals surface area contributed by atoms with E-state index in [0.29, 0.717) is 25.9 Å². The van der Waals surface area contributed by atoms with E-state index in [1.807, 2.05) is 77.2 Å².